The second-order valence-corrected chi connectivity index (χ2v) is 6.14. The molecule has 0 aromatic rings. The van der Waals surface area contributed by atoms with Gasteiger partial charge >= 0.3 is 0 Å². The summed E-state index contributed by atoms with van der Waals surface area (Å²) in [6, 6.07) is 0. The fourth-order valence-electron chi connectivity index (χ4n) is 3.64. The molecule has 1 amide bonds. The van der Waals surface area contributed by atoms with E-state index in [2.05, 4.69) is 15.1 Å². The van der Waals surface area contributed by atoms with Crippen LogP contribution in [0.15, 0.2) is 0 Å². The van der Waals surface area contributed by atoms with E-state index in [1.165, 1.54) is 38.9 Å². The lowest BCUT2D eigenvalue weighted by Crippen LogP contribution is -2.36. The number of carbonyl (C=O) groups excluding carboxylic acids is 1. The largest absolute Gasteiger partial charge is 0.342 e. The Hall–Kier alpha value is -0.0300. The zero-order valence-corrected chi connectivity index (χ0v) is 13.7. The number of hydrogen-bond acceptors (Lipinski definition) is 3. The lowest BCUT2D eigenvalue weighted by atomic mass is 10.1. The highest BCUT2D eigenvalue weighted by atomic mass is 35.5. The summed E-state index contributed by atoms with van der Waals surface area (Å²) >= 11 is 0. The van der Waals surface area contributed by atoms with Crippen LogP contribution < -0.4 is 5.32 Å². The summed E-state index contributed by atoms with van der Waals surface area (Å²) in [5.74, 6) is 1.39. The lowest BCUT2D eigenvalue weighted by Gasteiger charge is -2.22. The number of halogens is 2. The van der Waals surface area contributed by atoms with Crippen molar-refractivity contribution in [2.75, 3.05) is 45.8 Å². The Morgan fingerprint density at radius 2 is 1.85 bits per heavy atom. The maximum absolute atomic E-state index is 12.3. The third kappa shape index (κ3) is 4.23. The highest BCUT2D eigenvalue weighted by Gasteiger charge is 2.32. The Morgan fingerprint density at radius 1 is 1.10 bits per heavy atom. The van der Waals surface area contributed by atoms with Crippen molar-refractivity contribution in [2.24, 2.45) is 11.8 Å². The van der Waals surface area contributed by atoms with Crippen molar-refractivity contribution in [1.82, 2.24) is 15.1 Å². The van der Waals surface area contributed by atoms with Gasteiger partial charge in [-0.15, -0.1) is 24.8 Å². The van der Waals surface area contributed by atoms with Crippen molar-refractivity contribution < 1.29 is 4.79 Å². The van der Waals surface area contributed by atoms with Crippen LogP contribution in [0.5, 0.6) is 0 Å². The molecule has 3 fully saturated rings. The predicted molar refractivity (Wildman–Crippen MR) is 85.8 cm³/mol. The average molecular weight is 324 g/mol. The first-order valence-electron chi connectivity index (χ1n) is 7.55. The molecule has 118 valence electrons. The van der Waals surface area contributed by atoms with Crippen molar-refractivity contribution in [3.63, 3.8) is 0 Å². The SMILES string of the molecule is Cl.Cl.O=C(C1CCNC1)N1CCC(CN2CCCC2)C1. The monoisotopic (exact) mass is 323 g/mol. The summed E-state index contributed by atoms with van der Waals surface area (Å²) in [5, 5.41) is 3.29. The summed E-state index contributed by atoms with van der Waals surface area (Å²) < 4.78 is 0. The van der Waals surface area contributed by atoms with E-state index in [-0.39, 0.29) is 30.7 Å². The molecule has 3 saturated heterocycles. The van der Waals surface area contributed by atoms with E-state index < -0.39 is 0 Å². The van der Waals surface area contributed by atoms with E-state index in [9.17, 15) is 4.79 Å². The topological polar surface area (TPSA) is 35.6 Å². The Morgan fingerprint density at radius 3 is 2.50 bits per heavy atom. The van der Waals surface area contributed by atoms with Crippen molar-refractivity contribution in [1.29, 1.82) is 0 Å². The molecule has 6 heteroatoms. The number of nitrogens with zero attached hydrogens (tertiary/aromatic N) is 2. The summed E-state index contributed by atoms with van der Waals surface area (Å²) in [4.78, 5) is 17.0. The van der Waals surface area contributed by atoms with E-state index in [0.717, 1.165) is 38.5 Å². The van der Waals surface area contributed by atoms with Gasteiger partial charge in [-0.1, -0.05) is 0 Å². The normalized spacial score (nSPS) is 30.1. The first-order valence-corrected chi connectivity index (χ1v) is 7.55. The molecule has 0 spiro atoms. The van der Waals surface area contributed by atoms with Gasteiger partial charge in [0.15, 0.2) is 0 Å². The maximum atomic E-state index is 12.3. The Kier molecular flexibility index (Phi) is 7.59. The van der Waals surface area contributed by atoms with Gasteiger partial charge in [-0.3, -0.25) is 4.79 Å². The molecular formula is C14H27Cl2N3O. The van der Waals surface area contributed by atoms with Crippen LogP contribution in [0, 0.1) is 11.8 Å². The van der Waals surface area contributed by atoms with Gasteiger partial charge in [0.1, 0.15) is 0 Å². The van der Waals surface area contributed by atoms with Gasteiger partial charge in [-0.25, -0.2) is 0 Å². The Labute approximate surface area is 134 Å². The van der Waals surface area contributed by atoms with Gasteiger partial charge in [0, 0.05) is 26.2 Å². The fraction of sp³-hybridized carbons (Fsp3) is 0.929. The number of rotatable bonds is 3. The number of nitrogens with one attached hydrogen (secondary N) is 1. The minimum atomic E-state index is 0. The molecule has 0 bridgehead atoms. The Balaban J connectivity index is 0.000001000. The van der Waals surface area contributed by atoms with Gasteiger partial charge in [-0.2, -0.15) is 0 Å². The predicted octanol–water partition coefficient (Wildman–Crippen LogP) is 1.38. The zero-order chi connectivity index (χ0) is 12.4. The average Bonchev–Trinajstić information content (AvgIpc) is 3.11. The zero-order valence-electron chi connectivity index (χ0n) is 12.1. The van der Waals surface area contributed by atoms with E-state index in [0.29, 0.717) is 5.91 Å². The molecule has 0 radical (unpaired) electrons. The number of carbonyl (C=O) groups is 1. The van der Waals surface area contributed by atoms with E-state index in [4.69, 9.17) is 0 Å². The standard InChI is InChI=1S/C14H25N3O.2ClH/c18-14(13-3-5-15-9-13)17-8-4-12(11-17)10-16-6-1-2-7-16;;/h12-13,15H,1-11H2;2*1H. The molecule has 3 aliphatic rings. The molecule has 0 aromatic carbocycles. The smallest absolute Gasteiger partial charge is 0.227 e. The molecule has 0 saturated carbocycles. The van der Waals surface area contributed by atoms with Gasteiger partial charge in [0.05, 0.1) is 5.92 Å². The van der Waals surface area contributed by atoms with Crippen LogP contribution in [0.3, 0.4) is 0 Å². The van der Waals surface area contributed by atoms with Crippen molar-refractivity contribution in [3.05, 3.63) is 0 Å². The molecule has 1 N–H and O–H groups in total. The fourth-order valence-corrected chi connectivity index (χ4v) is 3.64. The van der Waals surface area contributed by atoms with Crippen LogP contribution in [0.2, 0.25) is 0 Å². The minimum absolute atomic E-state index is 0. The Bertz CT molecular complexity index is 305. The van der Waals surface area contributed by atoms with Crippen molar-refractivity contribution in [3.8, 4) is 0 Å². The minimum Gasteiger partial charge on any atom is -0.342 e. The number of amides is 1. The molecule has 2 atom stereocenters. The highest BCUT2D eigenvalue weighted by Crippen LogP contribution is 2.22. The van der Waals surface area contributed by atoms with Gasteiger partial charge < -0.3 is 15.1 Å². The van der Waals surface area contributed by atoms with Crippen LogP contribution in [-0.4, -0.2) is 61.5 Å². The second-order valence-electron chi connectivity index (χ2n) is 6.14. The number of hydrogen-bond donors (Lipinski definition) is 1. The first-order chi connectivity index (χ1) is 8.83. The summed E-state index contributed by atoms with van der Waals surface area (Å²) in [6.45, 7) is 7.67. The molecule has 3 aliphatic heterocycles. The van der Waals surface area contributed by atoms with E-state index in [1.54, 1.807) is 0 Å². The third-order valence-corrected chi connectivity index (χ3v) is 4.72. The maximum Gasteiger partial charge on any atom is 0.227 e. The molecule has 0 aliphatic carbocycles. The van der Waals surface area contributed by atoms with Gasteiger partial charge in [0.25, 0.3) is 0 Å². The van der Waals surface area contributed by atoms with E-state index in [1.807, 2.05) is 0 Å². The molecule has 20 heavy (non-hydrogen) atoms. The van der Waals surface area contributed by atoms with Crippen LogP contribution in [0.1, 0.15) is 25.7 Å². The van der Waals surface area contributed by atoms with Crippen molar-refractivity contribution in [2.45, 2.75) is 25.7 Å². The molecule has 2 unspecified atom stereocenters. The van der Waals surface area contributed by atoms with Gasteiger partial charge in [0.2, 0.25) is 5.91 Å². The van der Waals surface area contributed by atoms with Crippen LogP contribution in [0.25, 0.3) is 0 Å². The van der Waals surface area contributed by atoms with Crippen molar-refractivity contribution >= 4 is 30.7 Å². The molecule has 3 heterocycles. The van der Waals surface area contributed by atoms with E-state index >= 15 is 0 Å². The first kappa shape index (κ1) is 18.0. The highest BCUT2D eigenvalue weighted by molar-refractivity contribution is 5.85. The van der Waals surface area contributed by atoms with Gasteiger partial charge in [-0.05, 0) is 51.2 Å². The molecular weight excluding hydrogens is 297 g/mol. The molecule has 3 rings (SSSR count). The second kappa shape index (κ2) is 8.42. The summed E-state index contributed by atoms with van der Waals surface area (Å²) in [5.41, 5.74) is 0. The quantitative estimate of drug-likeness (QED) is 0.852. The third-order valence-electron chi connectivity index (χ3n) is 4.72. The van der Waals surface area contributed by atoms with Crippen LogP contribution in [0.4, 0.5) is 0 Å². The van der Waals surface area contributed by atoms with Crippen LogP contribution >= 0.6 is 24.8 Å². The summed E-state index contributed by atoms with van der Waals surface area (Å²) in [6.07, 6.45) is 4.97. The lowest BCUT2D eigenvalue weighted by molar-refractivity contribution is -0.133. The number of likely N-dealkylation sites (tertiary alicyclic amines) is 2. The molecule has 0 aromatic heterocycles. The molecule has 4 nitrogen and oxygen atoms in total. The van der Waals surface area contributed by atoms with Crippen LogP contribution in [-0.2, 0) is 4.79 Å². The summed E-state index contributed by atoms with van der Waals surface area (Å²) in [7, 11) is 0.